The number of ether oxygens (including phenoxy) is 1. The van der Waals surface area contributed by atoms with Gasteiger partial charge in [0.1, 0.15) is 11.3 Å². The normalized spacial score (nSPS) is 11.4. The molecule has 0 radical (unpaired) electrons. The number of fused-ring (bicyclic) bond motifs is 1. The summed E-state index contributed by atoms with van der Waals surface area (Å²) in [6, 6.07) is 7.79. The van der Waals surface area contributed by atoms with Gasteiger partial charge >= 0.3 is 11.8 Å². The van der Waals surface area contributed by atoms with E-state index in [2.05, 4.69) is 0 Å². The molecule has 1 N–H and O–H groups in total. The van der Waals surface area contributed by atoms with Crippen LogP contribution >= 0.6 is 0 Å². The minimum absolute atomic E-state index is 0.00933. The van der Waals surface area contributed by atoms with E-state index in [1.165, 1.54) is 55.4 Å². The Balaban J connectivity index is 2.01. The number of hydrogen-bond acceptors (Lipinski definition) is 7. The molecule has 1 amide bonds. The standard InChI is InChI=1S/C19H18FN3O7S/c1-22(2)18(25)29-12-7-8-13-15(9-12)30-19(26)23(17(13)24)10-11-5-4-6-14(16(11)20)21-31(3,27)28/h4-9,21H,10H2,1-3H3. The molecule has 1 heterocycles. The fourth-order valence-corrected chi connectivity index (χ4v) is 3.24. The molecule has 0 aliphatic carbocycles. The predicted molar refractivity (Wildman–Crippen MR) is 110 cm³/mol. The van der Waals surface area contributed by atoms with E-state index in [4.69, 9.17) is 9.15 Å². The van der Waals surface area contributed by atoms with Gasteiger partial charge in [0, 0.05) is 25.7 Å². The van der Waals surface area contributed by atoms with Crippen molar-refractivity contribution in [2.75, 3.05) is 25.1 Å². The molecular weight excluding hydrogens is 433 g/mol. The number of rotatable bonds is 5. The van der Waals surface area contributed by atoms with Crippen molar-refractivity contribution in [2.45, 2.75) is 6.54 Å². The zero-order valence-corrected chi connectivity index (χ0v) is 17.5. The molecule has 12 heteroatoms. The third-order valence-corrected chi connectivity index (χ3v) is 4.71. The Labute approximate surface area is 175 Å². The quantitative estimate of drug-likeness (QED) is 0.624. The van der Waals surface area contributed by atoms with Gasteiger partial charge in [0.15, 0.2) is 5.82 Å². The average Bonchev–Trinajstić information content (AvgIpc) is 2.66. The lowest BCUT2D eigenvalue weighted by Gasteiger charge is -2.12. The van der Waals surface area contributed by atoms with Crippen LogP contribution in [0, 0.1) is 5.82 Å². The Bertz CT molecular complexity index is 1390. The molecule has 3 aromatic rings. The molecule has 0 saturated heterocycles. The highest BCUT2D eigenvalue weighted by Crippen LogP contribution is 2.21. The van der Waals surface area contributed by atoms with Crippen LogP contribution in [0.25, 0.3) is 11.0 Å². The Morgan fingerprint density at radius 1 is 1.23 bits per heavy atom. The number of anilines is 1. The largest absolute Gasteiger partial charge is 0.422 e. The average molecular weight is 451 g/mol. The fraction of sp³-hybridized carbons (Fsp3) is 0.211. The molecule has 0 atom stereocenters. The van der Waals surface area contributed by atoms with E-state index in [0.29, 0.717) is 4.57 Å². The van der Waals surface area contributed by atoms with Gasteiger partial charge in [-0.3, -0.25) is 9.52 Å². The van der Waals surface area contributed by atoms with Crippen LogP contribution in [0.3, 0.4) is 0 Å². The summed E-state index contributed by atoms with van der Waals surface area (Å²) in [4.78, 5) is 38.0. The third kappa shape index (κ3) is 4.91. The maximum atomic E-state index is 14.7. The summed E-state index contributed by atoms with van der Waals surface area (Å²) in [7, 11) is -0.755. The van der Waals surface area contributed by atoms with Crippen LogP contribution < -0.4 is 20.8 Å². The van der Waals surface area contributed by atoms with E-state index < -0.39 is 39.8 Å². The van der Waals surface area contributed by atoms with Gasteiger partial charge in [-0.25, -0.2) is 27.0 Å². The highest BCUT2D eigenvalue weighted by Gasteiger charge is 2.16. The Hall–Kier alpha value is -3.67. The first-order chi connectivity index (χ1) is 14.5. The number of hydrogen-bond donors (Lipinski definition) is 1. The lowest BCUT2D eigenvalue weighted by Crippen LogP contribution is -2.33. The lowest BCUT2D eigenvalue weighted by molar-refractivity contribution is 0.172. The van der Waals surface area contributed by atoms with Gasteiger partial charge in [0.2, 0.25) is 10.0 Å². The molecule has 0 aliphatic rings. The maximum absolute atomic E-state index is 14.7. The van der Waals surface area contributed by atoms with E-state index in [1.807, 2.05) is 4.72 Å². The molecular formula is C19H18FN3O7S. The second-order valence-corrected chi connectivity index (χ2v) is 8.58. The predicted octanol–water partition coefficient (Wildman–Crippen LogP) is 1.57. The minimum atomic E-state index is -3.73. The van der Waals surface area contributed by atoms with Gasteiger partial charge in [-0.1, -0.05) is 12.1 Å². The first-order valence-electron chi connectivity index (χ1n) is 8.78. The van der Waals surface area contributed by atoms with Crippen molar-refractivity contribution >= 4 is 32.8 Å². The van der Waals surface area contributed by atoms with Crippen LogP contribution in [-0.4, -0.2) is 44.3 Å². The Morgan fingerprint density at radius 3 is 2.58 bits per heavy atom. The summed E-state index contributed by atoms with van der Waals surface area (Å²) < 4.78 is 50.4. The first-order valence-corrected chi connectivity index (χ1v) is 10.7. The van der Waals surface area contributed by atoms with E-state index in [-0.39, 0.29) is 28.0 Å². The molecule has 0 aliphatic heterocycles. The number of carbonyl (C=O) groups excluding carboxylic acids is 1. The van der Waals surface area contributed by atoms with Crippen molar-refractivity contribution in [3.63, 3.8) is 0 Å². The molecule has 3 rings (SSSR count). The minimum Gasteiger partial charge on any atom is -0.410 e. The highest BCUT2D eigenvalue weighted by molar-refractivity contribution is 7.92. The number of aromatic nitrogens is 1. The smallest absolute Gasteiger partial charge is 0.410 e. The summed E-state index contributed by atoms with van der Waals surface area (Å²) in [6.07, 6.45) is 0.208. The molecule has 31 heavy (non-hydrogen) atoms. The fourth-order valence-electron chi connectivity index (χ4n) is 2.68. The van der Waals surface area contributed by atoms with Crippen molar-refractivity contribution in [3.8, 4) is 5.75 Å². The zero-order valence-electron chi connectivity index (χ0n) is 16.7. The molecule has 0 unspecified atom stereocenters. The van der Waals surface area contributed by atoms with Gasteiger partial charge in [0.25, 0.3) is 5.56 Å². The second-order valence-electron chi connectivity index (χ2n) is 6.83. The van der Waals surface area contributed by atoms with Crippen LogP contribution in [0.4, 0.5) is 14.9 Å². The molecule has 0 bridgehead atoms. The van der Waals surface area contributed by atoms with E-state index in [1.54, 1.807) is 0 Å². The van der Waals surface area contributed by atoms with Gasteiger partial charge in [-0.15, -0.1) is 0 Å². The van der Waals surface area contributed by atoms with Crippen LogP contribution in [0.1, 0.15) is 5.56 Å². The van der Waals surface area contributed by atoms with Crippen LogP contribution in [0.2, 0.25) is 0 Å². The second kappa shape index (κ2) is 8.22. The molecule has 0 spiro atoms. The van der Waals surface area contributed by atoms with Crippen molar-refractivity contribution in [2.24, 2.45) is 0 Å². The number of carbonyl (C=O) groups is 1. The van der Waals surface area contributed by atoms with E-state index in [9.17, 15) is 27.2 Å². The van der Waals surface area contributed by atoms with Crippen molar-refractivity contribution in [3.05, 3.63) is 68.7 Å². The highest BCUT2D eigenvalue weighted by atomic mass is 32.2. The number of nitrogens with one attached hydrogen (secondary N) is 1. The number of amides is 1. The lowest BCUT2D eigenvalue weighted by atomic mass is 10.2. The van der Waals surface area contributed by atoms with Crippen LogP contribution in [0.5, 0.6) is 5.75 Å². The Kier molecular flexibility index (Phi) is 5.84. The summed E-state index contributed by atoms with van der Waals surface area (Å²) in [5, 5.41) is 0.00933. The summed E-state index contributed by atoms with van der Waals surface area (Å²) in [5.74, 6) is -1.92. The molecule has 10 nitrogen and oxygen atoms in total. The number of benzene rings is 2. The summed E-state index contributed by atoms with van der Waals surface area (Å²) in [6.45, 7) is -0.487. The zero-order chi connectivity index (χ0) is 22.9. The van der Waals surface area contributed by atoms with Crippen molar-refractivity contribution < 1.29 is 26.8 Å². The van der Waals surface area contributed by atoms with Gasteiger partial charge in [0.05, 0.1) is 23.9 Å². The van der Waals surface area contributed by atoms with E-state index in [0.717, 1.165) is 6.26 Å². The third-order valence-electron chi connectivity index (χ3n) is 4.12. The molecule has 0 saturated carbocycles. The number of sulfonamides is 1. The van der Waals surface area contributed by atoms with Crippen molar-refractivity contribution in [1.29, 1.82) is 0 Å². The monoisotopic (exact) mass is 451 g/mol. The van der Waals surface area contributed by atoms with Gasteiger partial charge in [-0.05, 0) is 18.2 Å². The summed E-state index contributed by atoms with van der Waals surface area (Å²) in [5.41, 5.74) is -1.27. The molecule has 164 valence electrons. The SMILES string of the molecule is CN(C)C(=O)Oc1ccc2c(=O)n(Cc3cccc(NS(C)(=O)=O)c3F)c(=O)oc2c1. The first kappa shape index (κ1) is 22.0. The van der Waals surface area contributed by atoms with Crippen LogP contribution in [0.15, 0.2) is 50.4 Å². The molecule has 0 fully saturated rings. The number of nitrogens with zero attached hydrogens (tertiary/aromatic N) is 2. The van der Waals surface area contributed by atoms with Crippen LogP contribution in [-0.2, 0) is 16.6 Å². The van der Waals surface area contributed by atoms with Crippen molar-refractivity contribution in [1.82, 2.24) is 9.47 Å². The maximum Gasteiger partial charge on any atom is 0.422 e. The van der Waals surface area contributed by atoms with E-state index >= 15 is 0 Å². The summed E-state index contributed by atoms with van der Waals surface area (Å²) >= 11 is 0. The number of halogens is 1. The Morgan fingerprint density at radius 2 is 1.94 bits per heavy atom. The topological polar surface area (TPSA) is 128 Å². The molecule has 1 aromatic heterocycles. The van der Waals surface area contributed by atoms with Gasteiger partial charge < -0.3 is 14.1 Å². The van der Waals surface area contributed by atoms with Gasteiger partial charge in [-0.2, -0.15) is 0 Å². The molecule has 2 aromatic carbocycles.